The van der Waals surface area contributed by atoms with Gasteiger partial charge in [-0.3, -0.25) is 0 Å². The highest BCUT2D eigenvalue weighted by Gasteiger charge is 2.41. The molecule has 0 aliphatic carbocycles. The van der Waals surface area contributed by atoms with E-state index in [2.05, 4.69) is 38.1 Å². The first-order chi connectivity index (χ1) is 14.6. The second kappa shape index (κ2) is 6.76. The van der Waals surface area contributed by atoms with Crippen LogP contribution in [0.2, 0.25) is 5.02 Å². The summed E-state index contributed by atoms with van der Waals surface area (Å²) in [6, 6.07) is 16.6. The van der Waals surface area contributed by atoms with E-state index in [4.69, 9.17) is 26.4 Å². The number of aromatic nitrogens is 3. The number of para-hydroxylation sites is 1. The van der Waals surface area contributed by atoms with E-state index in [0.29, 0.717) is 17.5 Å². The number of ether oxygens (including phenoxy) is 1. The van der Waals surface area contributed by atoms with Crippen molar-refractivity contribution >= 4 is 34.3 Å². The molecule has 0 amide bonds. The first-order valence-corrected chi connectivity index (χ1v) is 11.5. The Labute approximate surface area is 184 Å². The number of aryl methyl sites for hydroxylation is 2. The summed E-state index contributed by atoms with van der Waals surface area (Å²) in [4.78, 5) is 4.98. The summed E-state index contributed by atoms with van der Waals surface area (Å²) in [5.41, 5.74) is 6.62. The average Bonchev–Trinajstić information content (AvgIpc) is 3.10. The van der Waals surface area contributed by atoms with Gasteiger partial charge in [-0.25, -0.2) is 9.67 Å². The second-order valence-electron chi connectivity index (χ2n) is 8.08. The lowest BCUT2D eigenvalue weighted by atomic mass is 9.80. The Kier molecular flexibility index (Phi) is 4.12. The Morgan fingerprint density at radius 1 is 1.13 bits per heavy atom. The highest BCUT2D eigenvalue weighted by atomic mass is 35.5. The van der Waals surface area contributed by atoms with Crippen LogP contribution in [0.1, 0.15) is 28.3 Å². The van der Waals surface area contributed by atoms with Gasteiger partial charge in [-0.15, -0.1) is 11.8 Å². The van der Waals surface area contributed by atoms with Crippen molar-refractivity contribution in [3.63, 3.8) is 0 Å². The van der Waals surface area contributed by atoms with Gasteiger partial charge >= 0.3 is 0 Å². The maximum Gasteiger partial charge on any atom is 0.220 e. The quantitative estimate of drug-likeness (QED) is 0.372. The fourth-order valence-corrected chi connectivity index (χ4v) is 6.04. The van der Waals surface area contributed by atoms with E-state index in [9.17, 15) is 0 Å². The number of hydrogen-bond acceptors (Lipinski definition) is 4. The third-order valence-electron chi connectivity index (χ3n) is 6.16. The van der Waals surface area contributed by atoms with E-state index in [-0.39, 0.29) is 5.92 Å². The average molecular weight is 434 g/mol. The van der Waals surface area contributed by atoms with Crippen LogP contribution in [0.25, 0.3) is 16.6 Å². The molecule has 2 aliphatic heterocycles. The zero-order chi connectivity index (χ0) is 20.4. The Hall–Kier alpha value is -2.50. The summed E-state index contributed by atoms with van der Waals surface area (Å²) in [5, 5.41) is 7.91. The highest BCUT2D eigenvalue weighted by molar-refractivity contribution is 7.99. The molecule has 2 aliphatic rings. The molecule has 4 aromatic rings. The summed E-state index contributed by atoms with van der Waals surface area (Å²) in [6.45, 7) is 4.84. The van der Waals surface area contributed by atoms with Crippen LogP contribution in [-0.2, 0) is 0 Å². The molecule has 0 bridgehead atoms. The lowest BCUT2D eigenvalue weighted by Crippen LogP contribution is -2.32. The summed E-state index contributed by atoms with van der Waals surface area (Å²) < 4.78 is 8.25. The molecule has 0 radical (unpaired) electrons. The number of rotatable bonds is 1. The number of nitrogens with zero attached hydrogens (tertiary/aromatic N) is 3. The predicted octanol–water partition coefficient (Wildman–Crippen LogP) is 5.94. The van der Waals surface area contributed by atoms with Crippen molar-refractivity contribution in [3.8, 4) is 11.6 Å². The number of halogens is 1. The molecule has 4 nitrogen and oxygen atoms in total. The summed E-state index contributed by atoms with van der Waals surface area (Å²) >= 11 is 8.14. The minimum Gasteiger partial charge on any atom is -0.477 e. The number of pyridine rings is 1. The van der Waals surface area contributed by atoms with Gasteiger partial charge < -0.3 is 4.74 Å². The van der Waals surface area contributed by atoms with Gasteiger partial charge in [0.05, 0.1) is 23.5 Å². The van der Waals surface area contributed by atoms with Gasteiger partial charge in [0.15, 0.2) is 0 Å². The lowest BCUT2D eigenvalue weighted by Gasteiger charge is -2.36. The van der Waals surface area contributed by atoms with Gasteiger partial charge in [0, 0.05) is 33.6 Å². The Morgan fingerprint density at radius 2 is 2.00 bits per heavy atom. The maximum atomic E-state index is 6.32. The van der Waals surface area contributed by atoms with E-state index in [0.717, 1.165) is 39.1 Å². The fourth-order valence-electron chi connectivity index (χ4n) is 4.70. The van der Waals surface area contributed by atoms with Gasteiger partial charge in [-0.1, -0.05) is 35.9 Å². The van der Waals surface area contributed by atoms with Crippen molar-refractivity contribution < 1.29 is 4.74 Å². The minimum absolute atomic E-state index is 0.246. The van der Waals surface area contributed by atoms with Crippen molar-refractivity contribution in [1.29, 1.82) is 0 Å². The molecule has 30 heavy (non-hydrogen) atoms. The molecule has 0 saturated heterocycles. The number of hydrogen-bond donors (Lipinski definition) is 0. The van der Waals surface area contributed by atoms with Crippen LogP contribution in [0.15, 0.2) is 53.6 Å². The molecule has 0 N–H and O–H groups in total. The van der Waals surface area contributed by atoms with Crippen molar-refractivity contribution in [1.82, 2.24) is 14.8 Å². The minimum atomic E-state index is 0.246. The molecule has 6 heteroatoms. The molecular weight excluding hydrogens is 414 g/mol. The van der Waals surface area contributed by atoms with Crippen LogP contribution >= 0.6 is 23.4 Å². The number of benzene rings is 2. The van der Waals surface area contributed by atoms with Crippen molar-refractivity contribution in [2.24, 2.45) is 5.92 Å². The molecule has 0 saturated carbocycles. The first kappa shape index (κ1) is 18.3. The van der Waals surface area contributed by atoms with Gasteiger partial charge in [-0.05, 0) is 49.2 Å². The van der Waals surface area contributed by atoms with Crippen molar-refractivity contribution in [2.75, 3.05) is 12.4 Å². The monoisotopic (exact) mass is 433 g/mol. The van der Waals surface area contributed by atoms with Crippen LogP contribution in [0.4, 0.5) is 0 Å². The van der Waals surface area contributed by atoms with Gasteiger partial charge in [0.1, 0.15) is 5.03 Å². The third kappa shape index (κ3) is 2.69. The topological polar surface area (TPSA) is 39.9 Å². The smallest absolute Gasteiger partial charge is 0.220 e. The summed E-state index contributed by atoms with van der Waals surface area (Å²) in [5.74, 6) is 2.50. The Morgan fingerprint density at radius 3 is 2.90 bits per heavy atom. The SMILES string of the molecule is Cc1ccc(Cl)cc1-n1nc(C)c2c1OC[C@H]1CSc3nc4ccccc4cc3[C@@H]21. The maximum absolute atomic E-state index is 6.32. The molecule has 2 aromatic heterocycles. The Balaban J connectivity index is 1.57. The van der Waals surface area contributed by atoms with E-state index >= 15 is 0 Å². The zero-order valence-electron chi connectivity index (χ0n) is 16.7. The molecule has 0 spiro atoms. The fraction of sp³-hybridized carbons (Fsp3) is 0.250. The third-order valence-corrected chi connectivity index (χ3v) is 7.59. The highest BCUT2D eigenvalue weighted by Crippen LogP contribution is 2.51. The van der Waals surface area contributed by atoms with Crippen LogP contribution in [-0.4, -0.2) is 27.1 Å². The van der Waals surface area contributed by atoms with E-state index in [1.54, 1.807) is 0 Å². The lowest BCUT2D eigenvalue weighted by molar-refractivity contribution is 0.205. The molecule has 2 atom stereocenters. The summed E-state index contributed by atoms with van der Waals surface area (Å²) in [7, 11) is 0. The molecular formula is C24H20ClN3OS. The molecule has 4 heterocycles. The number of fused-ring (bicyclic) bond motifs is 6. The zero-order valence-corrected chi connectivity index (χ0v) is 18.3. The molecule has 2 aromatic carbocycles. The predicted molar refractivity (Wildman–Crippen MR) is 121 cm³/mol. The van der Waals surface area contributed by atoms with Gasteiger partial charge in [-0.2, -0.15) is 5.10 Å². The molecule has 6 rings (SSSR count). The molecule has 0 unspecified atom stereocenters. The van der Waals surface area contributed by atoms with Crippen LogP contribution in [0, 0.1) is 19.8 Å². The second-order valence-corrected chi connectivity index (χ2v) is 9.53. The first-order valence-electron chi connectivity index (χ1n) is 10.1. The van der Waals surface area contributed by atoms with E-state index in [1.165, 1.54) is 16.5 Å². The van der Waals surface area contributed by atoms with Crippen molar-refractivity contribution in [2.45, 2.75) is 24.8 Å². The van der Waals surface area contributed by atoms with Crippen LogP contribution in [0.5, 0.6) is 5.88 Å². The summed E-state index contributed by atoms with van der Waals surface area (Å²) in [6.07, 6.45) is 0. The van der Waals surface area contributed by atoms with E-state index in [1.807, 2.05) is 40.7 Å². The largest absolute Gasteiger partial charge is 0.477 e. The molecule has 150 valence electrons. The Bertz CT molecular complexity index is 1320. The van der Waals surface area contributed by atoms with Gasteiger partial charge in [0.25, 0.3) is 0 Å². The van der Waals surface area contributed by atoms with Crippen molar-refractivity contribution in [3.05, 3.63) is 75.9 Å². The number of thioether (sulfide) groups is 1. The normalized spacial score (nSPS) is 19.7. The van der Waals surface area contributed by atoms with Crippen LogP contribution < -0.4 is 4.74 Å². The van der Waals surface area contributed by atoms with Gasteiger partial charge in [0.2, 0.25) is 5.88 Å². The molecule has 0 fully saturated rings. The van der Waals surface area contributed by atoms with Crippen LogP contribution in [0.3, 0.4) is 0 Å². The standard InChI is InChI=1S/C24H20ClN3OS/c1-13-7-8-17(25)10-20(13)28-24-21(14(2)27-28)22-16(11-29-24)12-30-23-18(22)9-15-5-3-4-6-19(15)26-23/h3-10,16,22H,11-12H2,1-2H3/t16-,22-/m0/s1. The van der Waals surface area contributed by atoms with E-state index < -0.39 is 0 Å².